The first-order valence-electron chi connectivity index (χ1n) is 7.64. The van der Waals surface area contributed by atoms with Crippen LogP contribution in [0.1, 0.15) is 47.0 Å². The topological polar surface area (TPSA) is 67.4 Å². The Morgan fingerprint density at radius 1 is 1.48 bits per heavy atom. The van der Waals surface area contributed by atoms with Crippen LogP contribution in [0.4, 0.5) is 10.6 Å². The van der Waals surface area contributed by atoms with E-state index >= 15 is 0 Å². The maximum atomic E-state index is 12.2. The van der Waals surface area contributed by atoms with E-state index in [4.69, 9.17) is 16.3 Å². The Bertz CT molecular complexity index is 579. The van der Waals surface area contributed by atoms with Crippen LogP contribution in [-0.2, 0) is 4.74 Å². The third-order valence-corrected chi connectivity index (χ3v) is 4.42. The molecule has 0 aliphatic heterocycles. The number of anilines is 1. The number of carbonyl (C=O) groups excluding carboxylic acids is 1. The normalized spacial score (nSPS) is 21.1. The molecule has 8 heteroatoms. The molecule has 1 aromatic heterocycles. The fourth-order valence-electron chi connectivity index (χ4n) is 2.71. The zero-order chi connectivity index (χ0) is 17.2. The number of halogens is 2. The van der Waals surface area contributed by atoms with E-state index in [2.05, 4.69) is 38.2 Å². The minimum atomic E-state index is -0.572. The van der Waals surface area contributed by atoms with Crippen molar-refractivity contribution in [2.75, 3.05) is 5.01 Å². The first kappa shape index (κ1) is 18.3. The van der Waals surface area contributed by atoms with E-state index in [1.165, 1.54) is 0 Å². The smallest absolute Gasteiger partial charge is 0.426 e. The minimum absolute atomic E-state index is 0.129. The van der Waals surface area contributed by atoms with Crippen molar-refractivity contribution in [2.24, 2.45) is 5.92 Å². The number of nitrogens with zero attached hydrogens (tertiary/aromatic N) is 3. The summed E-state index contributed by atoms with van der Waals surface area (Å²) in [6, 6.07) is 0.129. The van der Waals surface area contributed by atoms with E-state index in [1.807, 2.05) is 20.8 Å². The fraction of sp³-hybridized carbons (Fsp3) is 0.667. The molecule has 1 aliphatic carbocycles. The number of aromatic nitrogens is 2. The predicted molar refractivity (Wildman–Crippen MR) is 93.4 cm³/mol. The third kappa shape index (κ3) is 4.94. The molecule has 2 atom stereocenters. The number of carbonyl (C=O) groups is 1. The van der Waals surface area contributed by atoms with Gasteiger partial charge in [-0.2, -0.15) is 4.98 Å². The average Bonchev–Trinajstić information content (AvgIpc) is 2.83. The molecule has 1 fully saturated rings. The number of hydrazine groups is 1. The van der Waals surface area contributed by atoms with Crippen molar-refractivity contribution >= 4 is 39.4 Å². The molecule has 0 radical (unpaired) electrons. The summed E-state index contributed by atoms with van der Waals surface area (Å²) in [5.41, 5.74) is 2.25. The van der Waals surface area contributed by atoms with Crippen molar-refractivity contribution in [2.45, 2.75) is 58.6 Å². The molecule has 0 unspecified atom stereocenters. The Kier molecular flexibility index (Phi) is 5.73. The Morgan fingerprint density at radius 3 is 2.74 bits per heavy atom. The highest BCUT2D eigenvalue weighted by atomic mass is 79.9. The van der Waals surface area contributed by atoms with Crippen LogP contribution >= 0.6 is 27.5 Å². The molecule has 0 aromatic carbocycles. The monoisotopic (exact) mass is 404 g/mol. The van der Waals surface area contributed by atoms with Crippen molar-refractivity contribution in [3.8, 4) is 0 Å². The van der Waals surface area contributed by atoms with Gasteiger partial charge in [0.05, 0.1) is 10.5 Å². The highest BCUT2D eigenvalue weighted by molar-refractivity contribution is 9.10. The van der Waals surface area contributed by atoms with Gasteiger partial charge in [0.15, 0.2) is 5.82 Å². The van der Waals surface area contributed by atoms with Gasteiger partial charge in [0, 0.05) is 6.20 Å². The van der Waals surface area contributed by atoms with Gasteiger partial charge in [-0.05, 0) is 67.1 Å². The van der Waals surface area contributed by atoms with Crippen LogP contribution in [0.2, 0.25) is 5.28 Å². The molecule has 128 valence electrons. The lowest BCUT2D eigenvalue weighted by molar-refractivity contribution is 0.0512. The van der Waals surface area contributed by atoms with Gasteiger partial charge < -0.3 is 4.74 Å². The number of amides is 1. The Morgan fingerprint density at radius 2 is 2.17 bits per heavy atom. The molecule has 1 N–H and O–H groups in total. The van der Waals surface area contributed by atoms with Crippen LogP contribution in [0.3, 0.4) is 0 Å². The molecular weight excluding hydrogens is 384 g/mol. The quantitative estimate of drug-likeness (QED) is 0.599. The Hall–Kier alpha value is -1.08. The van der Waals surface area contributed by atoms with Crippen molar-refractivity contribution in [3.05, 3.63) is 16.0 Å². The average molecular weight is 406 g/mol. The number of nitrogens with one attached hydrogen (secondary N) is 1. The molecule has 0 bridgehead atoms. The van der Waals surface area contributed by atoms with Crippen LogP contribution in [-0.4, -0.2) is 27.7 Å². The number of rotatable bonds is 3. The van der Waals surface area contributed by atoms with Crippen molar-refractivity contribution in [1.29, 1.82) is 0 Å². The first-order valence-corrected chi connectivity index (χ1v) is 8.81. The lowest BCUT2D eigenvalue weighted by Gasteiger charge is -2.34. The second-order valence-corrected chi connectivity index (χ2v) is 7.96. The SMILES string of the molecule is C[C@@H]1CCC[C@@H]1N(NC(=O)OC(C)(C)C)c1nc(Cl)ncc1Br. The highest BCUT2D eigenvalue weighted by Gasteiger charge is 2.33. The van der Waals surface area contributed by atoms with Gasteiger partial charge in [0.2, 0.25) is 5.28 Å². The van der Waals surface area contributed by atoms with E-state index in [-0.39, 0.29) is 11.3 Å². The number of hydrogen-bond donors (Lipinski definition) is 1. The van der Waals surface area contributed by atoms with E-state index in [0.717, 1.165) is 19.3 Å². The van der Waals surface area contributed by atoms with Crippen LogP contribution in [0.5, 0.6) is 0 Å². The van der Waals surface area contributed by atoms with Crippen molar-refractivity contribution in [1.82, 2.24) is 15.4 Å². The zero-order valence-corrected chi connectivity index (χ0v) is 16.1. The van der Waals surface area contributed by atoms with E-state index in [0.29, 0.717) is 16.2 Å². The summed E-state index contributed by atoms with van der Waals surface area (Å²) >= 11 is 9.37. The summed E-state index contributed by atoms with van der Waals surface area (Å²) in [5, 5.41) is 1.88. The number of hydrogen-bond acceptors (Lipinski definition) is 5. The molecule has 1 heterocycles. The molecule has 23 heavy (non-hydrogen) atoms. The van der Waals surface area contributed by atoms with Gasteiger partial charge >= 0.3 is 6.09 Å². The lowest BCUT2D eigenvalue weighted by Crippen LogP contribution is -2.51. The summed E-state index contributed by atoms with van der Waals surface area (Å²) in [7, 11) is 0. The Balaban J connectivity index is 2.28. The van der Waals surface area contributed by atoms with Crippen LogP contribution in [0, 0.1) is 5.92 Å². The highest BCUT2D eigenvalue weighted by Crippen LogP contribution is 2.34. The summed E-state index contributed by atoms with van der Waals surface area (Å²) in [4.78, 5) is 20.4. The maximum Gasteiger partial charge on any atom is 0.426 e. The molecule has 0 spiro atoms. The molecular formula is C15H22BrClN4O2. The third-order valence-electron chi connectivity index (χ3n) is 3.68. The van der Waals surface area contributed by atoms with Gasteiger partial charge in [-0.15, -0.1) is 0 Å². The van der Waals surface area contributed by atoms with Crippen LogP contribution in [0.25, 0.3) is 0 Å². The summed E-state index contributed by atoms with van der Waals surface area (Å²) in [5.74, 6) is 0.959. The minimum Gasteiger partial charge on any atom is -0.443 e. The first-order chi connectivity index (χ1) is 10.7. The van der Waals surface area contributed by atoms with E-state index < -0.39 is 11.7 Å². The maximum absolute atomic E-state index is 12.2. The number of ether oxygens (including phenoxy) is 1. The van der Waals surface area contributed by atoms with Crippen LogP contribution in [0.15, 0.2) is 10.7 Å². The molecule has 1 amide bonds. The summed E-state index contributed by atoms with van der Waals surface area (Å²) in [6.45, 7) is 7.64. The molecule has 1 saturated carbocycles. The lowest BCUT2D eigenvalue weighted by atomic mass is 10.1. The predicted octanol–water partition coefficient (Wildman–Crippen LogP) is 4.33. The van der Waals surface area contributed by atoms with Gasteiger partial charge in [-0.1, -0.05) is 13.3 Å². The second kappa shape index (κ2) is 7.21. The van der Waals surface area contributed by atoms with Gasteiger partial charge in [0.25, 0.3) is 0 Å². The largest absolute Gasteiger partial charge is 0.443 e. The standard InChI is InChI=1S/C15H22BrClN4O2/c1-9-6-5-7-11(9)21(20-14(22)23-15(2,3)4)12-10(16)8-18-13(17)19-12/h8-9,11H,5-7H2,1-4H3,(H,20,22)/t9-,11+/m1/s1. The van der Waals surface area contributed by atoms with E-state index in [9.17, 15) is 4.79 Å². The second-order valence-electron chi connectivity index (χ2n) is 6.77. The van der Waals surface area contributed by atoms with Gasteiger partial charge in [0.1, 0.15) is 5.60 Å². The fourth-order valence-corrected chi connectivity index (χ4v) is 3.22. The summed E-state index contributed by atoms with van der Waals surface area (Å²) < 4.78 is 6.04. The van der Waals surface area contributed by atoms with Gasteiger partial charge in [-0.25, -0.2) is 15.2 Å². The summed E-state index contributed by atoms with van der Waals surface area (Å²) in [6.07, 6.45) is 4.24. The van der Waals surface area contributed by atoms with Crippen molar-refractivity contribution in [3.63, 3.8) is 0 Å². The molecule has 1 aliphatic rings. The van der Waals surface area contributed by atoms with E-state index in [1.54, 1.807) is 11.2 Å². The Labute approximate surface area is 150 Å². The molecule has 6 nitrogen and oxygen atoms in total. The van der Waals surface area contributed by atoms with Crippen LogP contribution < -0.4 is 10.4 Å². The molecule has 1 aromatic rings. The molecule has 2 rings (SSSR count). The van der Waals surface area contributed by atoms with Gasteiger partial charge in [-0.3, -0.25) is 5.01 Å². The molecule has 0 saturated heterocycles. The van der Waals surface area contributed by atoms with Crippen molar-refractivity contribution < 1.29 is 9.53 Å². The zero-order valence-electron chi connectivity index (χ0n) is 13.8.